The molecule has 3 rings (SSSR count). The molecular weight excluding hydrogens is 258 g/mol. The Morgan fingerprint density at radius 2 is 1.33 bits per heavy atom. The molecule has 0 radical (unpaired) electrons. The van der Waals surface area contributed by atoms with E-state index < -0.39 is 0 Å². The Kier molecular flexibility index (Phi) is 4.17. The Bertz CT molecular complexity index is 607. The van der Waals surface area contributed by atoms with E-state index in [0.29, 0.717) is 0 Å². The first kappa shape index (κ1) is 13.7. The molecule has 1 atom stereocenters. The molecule has 0 saturated carbocycles. The summed E-state index contributed by atoms with van der Waals surface area (Å²) in [7, 11) is 0. The van der Waals surface area contributed by atoms with Crippen molar-refractivity contribution in [2.45, 2.75) is 19.0 Å². The van der Waals surface area contributed by atoms with Gasteiger partial charge in [0, 0.05) is 11.6 Å². The first-order chi connectivity index (χ1) is 10.3. The van der Waals surface area contributed by atoms with Gasteiger partial charge in [-0.2, -0.15) is 0 Å². The van der Waals surface area contributed by atoms with Crippen molar-refractivity contribution >= 4 is 0 Å². The van der Waals surface area contributed by atoms with Crippen LogP contribution in [0.25, 0.3) is 0 Å². The Balaban J connectivity index is 1.90. The molecule has 0 saturated heterocycles. The van der Waals surface area contributed by atoms with Crippen LogP contribution in [0.2, 0.25) is 0 Å². The van der Waals surface area contributed by atoms with Gasteiger partial charge in [0.1, 0.15) is 0 Å². The number of nitrogens with one attached hydrogen (secondary N) is 1. The summed E-state index contributed by atoms with van der Waals surface area (Å²) in [4.78, 5) is 0. The molecule has 0 amide bonds. The standard InChI is InChI=1S/C19H19NO/c1-15(18-12-13-21-14-18)20-19(16-8-4-2-5-9-16)17-10-6-3-7-11-17/h2-15,19-20H,1H3. The lowest BCUT2D eigenvalue weighted by Gasteiger charge is -2.24. The molecular formula is C19H19NO. The van der Waals surface area contributed by atoms with Crippen LogP contribution >= 0.6 is 0 Å². The van der Waals surface area contributed by atoms with E-state index in [1.165, 1.54) is 11.1 Å². The van der Waals surface area contributed by atoms with E-state index in [1.807, 2.05) is 18.2 Å². The van der Waals surface area contributed by atoms with Crippen molar-refractivity contribution in [2.75, 3.05) is 0 Å². The summed E-state index contributed by atoms with van der Waals surface area (Å²) in [5, 5.41) is 3.69. The zero-order valence-corrected chi connectivity index (χ0v) is 12.1. The van der Waals surface area contributed by atoms with E-state index in [9.17, 15) is 0 Å². The highest BCUT2D eigenvalue weighted by Crippen LogP contribution is 2.25. The van der Waals surface area contributed by atoms with Crippen LogP contribution in [0.3, 0.4) is 0 Å². The topological polar surface area (TPSA) is 25.2 Å². The lowest BCUT2D eigenvalue weighted by atomic mass is 9.97. The van der Waals surface area contributed by atoms with Crippen LogP contribution in [0, 0.1) is 0 Å². The minimum atomic E-state index is 0.164. The second-order valence-electron chi connectivity index (χ2n) is 5.20. The van der Waals surface area contributed by atoms with Crippen molar-refractivity contribution in [2.24, 2.45) is 0 Å². The summed E-state index contributed by atoms with van der Waals surface area (Å²) in [6.07, 6.45) is 3.51. The van der Waals surface area contributed by atoms with Gasteiger partial charge < -0.3 is 4.42 Å². The van der Waals surface area contributed by atoms with E-state index in [4.69, 9.17) is 4.42 Å². The SMILES string of the molecule is CC(NC(c1ccccc1)c1ccccc1)c1ccoc1. The molecule has 0 fully saturated rings. The maximum Gasteiger partial charge on any atom is 0.0950 e. The highest BCUT2D eigenvalue weighted by molar-refractivity contribution is 5.32. The number of rotatable bonds is 5. The maximum atomic E-state index is 5.19. The monoisotopic (exact) mass is 277 g/mol. The smallest absolute Gasteiger partial charge is 0.0950 e. The molecule has 0 bridgehead atoms. The summed E-state index contributed by atoms with van der Waals surface area (Å²) in [6, 6.07) is 23.4. The van der Waals surface area contributed by atoms with Gasteiger partial charge in [0.2, 0.25) is 0 Å². The fourth-order valence-corrected chi connectivity index (χ4v) is 2.54. The number of furan rings is 1. The van der Waals surface area contributed by atoms with Crippen LogP contribution in [-0.2, 0) is 0 Å². The van der Waals surface area contributed by atoms with Crippen molar-refractivity contribution in [1.29, 1.82) is 0 Å². The molecule has 1 heterocycles. The van der Waals surface area contributed by atoms with Crippen LogP contribution in [0.15, 0.2) is 83.7 Å². The van der Waals surface area contributed by atoms with Gasteiger partial charge >= 0.3 is 0 Å². The van der Waals surface area contributed by atoms with E-state index >= 15 is 0 Å². The molecule has 106 valence electrons. The maximum absolute atomic E-state index is 5.19. The number of hydrogen-bond acceptors (Lipinski definition) is 2. The largest absolute Gasteiger partial charge is 0.472 e. The third-order valence-electron chi connectivity index (χ3n) is 3.73. The molecule has 0 spiro atoms. The van der Waals surface area contributed by atoms with Gasteiger partial charge in [0.05, 0.1) is 18.6 Å². The van der Waals surface area contributed by atoms with Crippen LogP contribution in [0.1, 0.15) is 35.7 Å². The minimum Gasteiger partial charge on any atom is -0.472 e. The van der Waals surface area contributed by atoms with Gasteiger partial charge in [0.15, 0.2) is 0 Å². The van der Waals surface area contributed by atoms with Gasteiger partial charge in [-0.05, 0) is 24.1 Å². The molecule has 0 aliphatic carbocycles. The first-order valence-electron chi connectivity index (χ1n) is 7.22. The predicted molar refractivity (Wildman–Crippen MR) is 85.0 cm³/mol. The number of hydrogen-bond donors (Lipinski definition) is 1. The van der Waals surface area contributed by atoms with Crippen molar-refractivity contribution in [3.05, 3.63) is 95.9 Å². The highest BCUT2D eigenvalue weighted by Gasteiger charge is 2.17. The fourth-order valence-electron chi connectivity index (χ4n) is 2.54. The molecule has 1 N–H and O–H groups in total. The van der Waals surface area contributed by atoms with Gasteiger partial charge in [-0.3, -0.25) is 5.32 Å². The summed E-state index contributed by atoms with van der Waals surface area (Å²) >= 11 is 0. The van der Waals surface area contributed by atoms with Gasteiger partial charge in [-0.25, -0.2) is 0 Å². The average Bonchev–Trinajstić information content (AvgIpc) is 3.09. The number of benzene rings is 2. The molecule has 21 heavy (non-hydrogen) atoms. The summed E-state index contributed by atoms with van der Waals surface area (Å²) in [5.74, 6) is 0. The lowest BCUT2D eigenvalue weighted by Crippen LogP contribution is -2.25. The molecule has 1 unspecified atom stereocenters. The first-order valence-corrected chi connectivity index (χ1v) is 7.22. The van der Waals surface area contributed by atoms with Crippen molar-refractivity contribution in [1.82, 2.24) is 5.32 Å². The molecule has 2 aromatic carbocycles. The third kappa shape index (κ3) is 3.23. The second kappa shape index (κ2) is 6.42. The third-order valence-corrected chi connectivity index (χ3v) is 3.73. The van der Waals surface area contributed by atoms with Crippen molar-refractivity contribution in [3.63, 3.8) is 0 Å². The second-order valence-corrected chi connectivity index (χ2v) is 5.20. The Morgan fingerprint density at radius 3 is 1.81 bits per heavy atom. The Morgan fingerprint density at radius 1 is 0.762 bits per heavy atom. The Hall–Kier alpha value is -2.32. The Labute approximate surface area is 125 Å². The lowest BCUT2D eigenvalue weighted by molar-refractivity contribution is 0.504. The van der Waals surface area contributed by atoms with Crippen molar-refractivity contribution in [3.8, 4) is 0 Å². The zero-order valence-electron chi connectivity index (χ0n) is 12.1. The average molecular weight is 277 g/mol. The normalized spacial score (nSPS) is 12.5. The summed E-state index contributed by atoms with van der Waals surface area (Å²) < 4.78 is 5.19. The minimum absolute atomic E-state index is 0.164. The zero-order chi connectivity index (χ0) is 14.5. The van der Waals surface area contributed by atoms with E-state index in [0.717, 1.165) is 5.56 Å². The fraction of sp³-hybridized carbons (Fsp3) is 0.158. The highest BCUT2D eigenvalue weighted by atomic mass is 16.3. The molecule has 2 nitrogen and oxygen atoms in total. The summed E-state index contributed by atoms with van der Waals surface area (Å²) in [5.41, 5.74) is 3.69. The van der Waals surface area contributed by atoms with Crippen molar-refractivity contribution < 1.29 is 4.42 Å². The predicted octanol–water partition coefficient (Wildman–Crippen LogP) is 4.72. The van der Waals surface area contributed by atoms with Crippen LogP contribution in [0.4, 0.5) is 0 Å². The van der Waals surface area contributed by atoms with Gasteiger partial charge in [0.25, 0.3) is 0 Å². The van der Waals surface area contributed by atoms with Gasteiger partial charge in [-0.15, -0.1) is 0 Å². The van der Waals surface area contributed by atoms with E-state index in [1.54, 1.807) is 12.5 Å². The van der Waals surface area contributed by atoms with E-state index in [2.05, 4.69) is 60.8 Å². The molecule has 0 aliphatic rings. The van der Waals surface area contributed by atoms with Crippen LogP contribution in [0.5, 0.6) is 0 Å². The van der Waals surface area contributed by atoms with Crippen LogP contribution in [-0.4, -0.2) is 0 Å². The quantitative estimate of drug-likeness (QED) is 0.730. The molecule has 3 aromatic rings. The molecule has 0 aliphatic heterocycles. The van der Waals surface area contributed by atoms with Crippen LogP contribution < -0.4 is 5.32 Å². The summed E-state index contributed by atoms with van der Waals surface area (Å²) in [6.45, 7) is 2.16. The molecule has 1 aromatic heterocycles. The molecule has 2 heteroatoms. The van der Waals surface area contributed by atoms with E-state index in [-0.39, 0.29) is 12.1 Å². The van der Waals surface area contributed by atoms with Gasteiger partial charge in [-0.1, -0.05) is 60.7 Å².